The van der Waals surface area contributed by atoms with Gasteiger partial charge in [0.2, 0.25) is 0 Å². The third-order valence-corrected chi connectivity index (χ3v) is 5.67. The minimum Gasteiger partial charge on any atom is -0.355 e. The number of benzene rings is 2. The average molecular weight is 425 g/mol. The lowest BCUT2D eigenvalue weighted by Crippen LogP contribution is -2.41. The van der Waals surface area contributed by atoms with Crippen LogP contribution in [0, 0.1) is 11.3 Å². The van der Waals surface area contributed by atoms with Crippen LogP contribution in [0.5, 0.6) is 0 Å². The molecule has 2 heterocycles. The van der Waals surface area contributed by atoms with Gasteiger partial charge in [-0.15, -0.1) is 0 Å². The van der Waals surface area contributed by atoms with Crippen molar-refractivity contribution in [1.29, 1.82) is 5.26 Å². The molecule has 8 nitrogen and oxygen atoms in total. The molecule has 4 aromatic rings. The van der Waals surface area contributed by atoms with Gasteiger partial charge >= 0.3 is 5.69 Å². The topological polar surface area (TPSA) is 102 Å². The van der Waals surface area contributed by atoms with Crippen LogP contribution in [0.2, 0.25) is 0 Å². The molecule has 0 bridgehead atoms. The fourth-order valence-electron chi connectivity index (χ4n) is 3.91. The van der Waals surface area contributed by atoms with Gasteiger partial charge in [0.05, 0.1) is 23.0 Å². The van der Waals surface area contributed by atoms with Gasteiger partial charge in [0.15, 0.2) is 0 Å². The monoisotopic (exact) mass is 425 g/mol. The van der Waals surface area contributed by atoms with Crippen molar-refractivity contribution < 1.29 is 0 Å². The molecule has 1 aliphatic rings. The van der Waals surface area contributed by atoms with Crippen LogP contribution < -0.4 is 22.1 Å². The van der Waals surface area contributed by atoms with E-state index in [1.54, 1.807) is 55.6 Å². The molecule has 5 rings (SSSR count). The molecule has 1 fully saturated rings. The molecule has 2 aromatic heterocycles. The Balaban J connectivity index is 1.87. The van der Waals surface area contributed by atoms with Gasteiger partial charge in [0, 0.05) is 24.8 Å². The van der Waals surface area contributed by atoms with Gasteiger partial charge in [-0.3, -0.25) is 18.7 Å². The van der Waals surface area contributed by atoms with Gasteiger partial charge in [-0.1, -0.05) is 18.2 Å². The molecule has 0 spiro atoms. The summed E-state index contributed by atoms with van der Waals surface area (Å²) in [5.74, 6) is 0. The minimum absolute atomic E-state index is 0.144. The van der Waals surface area contributed by atoms with E-state index in [1.165, 1.54) is 19.8 Å². The Morgan fingerprint density at radius 2 is 1.69 bits per heavy atom. The van der Waals surface area contributed by atoms with Crippen molar-refractivity contribution in [2.24, 2.45) is 7.05 Å². The van der Waals surface area contributed by atoms with Crippen molar-refractivity contribution >= 4 is 22.4 Å². The second-order valence-electron chi connectivity index (χ2n) is 7.83. The summed E-state index contributed by atoms with van der Waals surface area (Å²) >= 11 is 0. The van der Waals surface area contributed by atoms with Crippen molar-refractivity contribution in [3.8, 4) is 11.8 Å². The fourth-order valence-corrected chi connectivity index (χ4v) is 3.91. The zero-order chi connectivity index (χ0) is 22.4. The highest BCUT2D eigenvalue weighted by atomic mass is 16.2. The molecule has 0 amide bonds. The zero-order valence-corrected chi connectivity index (χ0v) is 17.3. The van der Waals surface area contributed by atoms with E-state index in [-0.39, 0.29) is 22.6 Å². The molecule has 0 aliphatic heterocycles. The second kappa shape index (κ2) is 7.39. The average Bonchev–Trinajstić information content (AvgIpc) is 3.63. The van der Waals surface area contributed by atoms with Crippen molar-refractivity contribution in [3.05, 3.63) is 97.4 Å². The summed E-state index contributed by atoms with van der Waals surface area (Å²) in [6.45, 7) is 0. The molecule has 0 radical (unpaired) electrons. The first-order valence-corrected chi connectivity index (χ1v) is 10.2. The largest absolute Gasteiger partial charge is 0.355 e. The third-order valence-electron chi connectivity index (χ3n) is 5.67. The van der Waals surface area contributed by atoms with E-state index in [0.717, 1.165) is 12.8 Å². The molecule has 0 saturated heterocycles. The molecule has 8 heteroatoms. The van der Waals surface area contributed by atoms with Crippen LogP contribution in [0.1, 0.15) is 24.4 Å². The summed E-state index contributed by atoms with van der Waals surface area (Å²) < 4.78 is 4.05. The molecule has 1 N–H and O–H groups in total. The maximum atomic E-state index is 13.5. The van der Waals surface area contributed by atoms with Crippen molar-refractivity contribution in [1.82, 2.24) is 13.7 Å². The van der Waals surface area contributed by atoms with Gasteiger partial charge in [0.25, 0.3) is 11.1 Å². The van der Waals surface area contributed by atoms with Crippen LogP contribution in [-0.2, 0) is 7.05 Å². The lowest BCUT2D eigenvalue weighted by atomic mass is 10.2. The normalized spacial score (nSPS) is 13.1. The van der Waals surface area contributed by atoms with Crippen LogP contribution in [0.25, 0.3) is 16.7 Å². The zero-order valence-electron chi connectivity index (χ0n) is 17.3. The van der Waals surface area contributed by atoms with E-state index in [2.05, 4.69) is 11.4 Å². The molecule has 158 valence electrons. The number of pyridine rings is 1. The molecule has 32 heavy (non-hydrogen) atoms. The van der Waals surface area contributed by atoms with Crippen molar-refractivity contribution in [2.45, 2.75) is 18.9 Å². The van der Waals surface area contributed by atoms with E-state index >= 15 is 0 Å². The van der Waals surface area contributed by atoms with Crippen LogP contribution in [0.3, 0.4) is 0 Å². The lowest BCUT2D eigenvalue weighted by molar-refractivity contribution is 0.637. The number of hydrogen-bond acceptors (Lipinski definition) is 5. The van der Waals surface area contributed by atoms with Gasteiger partial charge in [-0.25, -0.2) is 9.36 Å². The number of hydrogen-bond donors (Lipinski definition) is 1. The van der Waals surface area contributed by atoms with Crippen molar-refractivity contribution in [3.63, 3.8) is 0 Å². The first kappa shape index (κ1) is 19.6. The van der Waals surface area contributed by atoms with E-state index in [1.807, 2.05) is 6.07 Å². The number of aryl methyl sites for hydroxylation is 1. The highest BCUT2D eigenvalue weighted by Crippen LogP contribution is 2.33. The molecule has 1 aliphatic carbocycles. The first-order valence-electron chi connectivity index (χ1n) is 10.2. The minimum atomic E-state index is -0.457. The lowest BCUT2D eigenvalue weighted by Gasteiger charge is -2.18. The predicted octanol–water partition coefficient (Wildman–Crippen LogP) is 2.80. The summed E-state index contributed by atoms with van der Waals surface area (Å²) in [6, 6.07) is 19.0. The Labute approximate surface area is 182 Å². The number of nitrogens with one attached hydrogen (secondary N) is 1. The maximum Gasteiger partial charge on any atom is 0.337 e. The van der Waals surface area contributed by atoms with E-state index in [9.17, 15) is 14.4 Å². The second-order valence-corrected chi connectivity index (χ2v) is 7.83. The number of anilines is 2. The molecular weight excluding hydrogens is 406 g/mol. The Kier molecular flexibility index (Phi) is 4.52. The van der Waals surface area contributed by atoms with Gasteiger partial charge in [-0.05, 0) is 49.2 Å². The van der Waals surface area contributed by atoms with Crippen LogP contribution in [-0.4, -0.2) is 13.7 Å². The Bertz CT molecular complexity index is 1570. The number of nitriles is 1. The maximum absolute atomic E-state index is 13.5. The van der Waals surface area contributed by atoms with E-state index < -0.39 is 11.2 Å². The highest BCUT2D eigenvalue weighted by molar-refractivity contribution is 5.91. The van der Waals surface area contributed by atoms with Crippen LogP contribution >= 0.6 is 0 Å². The fraction of sp³-hybridized carbons (Fsp3) is 0.167. The summed E-state index contributed by atoms with van der Waals surface area (Å²) in [6.07, 6.45) is 1.53. The Morgan fingerprint density at radius 3 is 2.31 bits per heavy atom. The van der Waals surface area contributed by atoms with Crippen LogP contribution in [0.4, 0.5) is 11.4 Å². The standard InChI is InChI=1S/C24H19N5O3/c1-27-20(30)13-19(26-16-9-7-15(14-25)8-10-16)21-22(27)28(17-5-3-2-4-6-17)24(32)29(23(21)31)18-11-12-18/h2-10,13,18,26H,11-12H2,1H3. The van der Waals surface area contributed by atoms with Gasteiger partial charge in [0.1, 0.15) is 11.0 Å². The number of para-hydroxylation sites is 1. The Morgan fingerprint density at radius 1 is 1.00 bits per heavy atom. The number of fused-ring (bicyclic) bond motifs is 1. The number of nitrogens with zero attached hydrogens (tertiary/aromatic N) is 4. The number of aromatic nitrogens is 3. The first-order chi connectivity index (χ1) is 15.5. The molecular formula is C24H19N5O3. The van der Waals surface area contributed by atoms with E-state index in [0.29, 0.717) is 22.6 Å². The number of rotatable bonds is 4. The predicted molar refractivity (Wildman–Crippen MR) is 122 cm³/mol. The van der Waals surface area contributed by atoms with Gasteiger partial charge < -0.3 is 5.32 Å². The highest BCUT2D eigenvalue weighted by Gasteiger charge is 2.30. The quantitative estimate of drug-likeness (QED) is 0.542. The molecule has 0 unspecified atom stereocenters. The van der Waals surface area contributed by atoms with Gasteiger partial charge in [-0.2, -0.15) is 5.26 Å². The molecule has 1 saturated carbocycles. The Hall–Kier alpha value is -4.38. The summed E-state index contributed by atoms with van der Waals surface area (Å²) in [5.41, 5.74) is 0.993. The third kappa shape index (κ3) is 3.11. The van der Waals surface area contributed by atoms with Crippen LogP contribution in [0.15, 0.2) is 75.0 Å². The van der Waals surface area contributed by atoms with Crippen molar-refractivity contribution in [2.75, 3.05) is 5.32 Å². The summed E-state index contributed by atoms with van der Waals surface area (Å²) in [7, 11) is 1.55. The van der Waals surface area contributed by atoms with E-state index in [4.69, 9.17) is 5.26 Å². The summed E-state index contributed by atoms with van der Waals surface area (Å²) in [5, 5.41) is 12.4. The molecule has 2 aromatic carbocycles. The summed E-state index contributed by atoms with van der Waals surface area (Å²) in [4.78, 5) is 39.8. The SMILES string of the molecule is Cn1c(=O)cc(Nc2ccc(C#N)cc2)c2c(=O)n(C3CC3)c(=O)n(-c3ccccc3)c21. The molecule has 0 atom stereocenters. The smallest absolute Gasteiger partial charge is 0.337 e.